The number of halogens is 1. The predicted octanol–water partition coefficient (Wildman–Crippen LogP) is 8.35. The average molecular weight is 425 g/mol. The smallest absolute Gasteiger partial charge is 0.0479 e. The molecule has 2 aromatic carbocycles. The summed E-state index contributed by atoms with van der Waals surface area (Å²) < 4.78 is 0. The van der Waals surface area contributed by atoms with Crippen molar-refractivity contribution in [3.8, 4) is 11.1 Å². The highest BCUT2D eigenvalue weighted by molar-refractivity contribution is 6.61. The Hall–Kier alpha value is -1.31. The van der Waals surface area contributed by atoms with Gasteiger partial charge in [0.15, 0.2) is 0 Å². The fourth-order valence-electron chi connectivity index (χ4n) is 4.63. The van der Waals surface area contributed by atoms with Gasteiger partial charge in [-0.3, -0.25) is 0 Å². The highest BCUT2D eigenvalue weighted by Gasteiger charge is 2.34. The lowest BCUT2D eigenvalue weighted by Gasteiger charge is -2.27. The van der Waals surface area contributed by atoms with Gasteiger partial charge < -0.3 is 0 Å². The maximum absolute atomic E-state index is 7.02. The van der Waals surface area contributed by atoms with Gasteiger partial charge in [-0.25, -0.2) is 0 Å². The molecular formula is C27H37ClSi. The Morgan fingerprint density at radius 1 is 0.828 bits per heavy atom. The molecule has 2 heteroatoms. The summed E-state index contributed by atoms with van der Waals surface area (Å²) in [6.07, 6.45) is 0. The minimum absolute atomic E-state index is 0.104. The summed E-state index contributed by atoms with van der Waals surface area (Å²) in [6.45, 7) is 23.2. The van der Waals surface area contributed by atoms with Crippen molar-refractivity contribution in [1.82, 2.24) is 0 Å². The molecule has 1 aliphatic carbocycles. The molecule has 0 nitrogen and oxygen atoms in total. The molecule has 3 rings (SSSR count). The van der Waals surface area contributed by atoms with Crippen LogP contribution in [0.15, 0.2) is 35.9 Å². The fourth-order valence-corrected chi connectivity index (χ4v) is 7.32. The number of benzene rings is 2. The standard InChI is InChI=1S/C27H37ClSi/c1-16-11-12-21(23-22(16)25(29(9)10)17(2)24(23)28)18-13-19(26(3,4)5)15-20(14-18)27(6,7)8/h11-15,25,29H,1-10H3. The Morgan fingerprint density at radius 2 is 1.34 bits per heavy atom. The summed E-state index contributed by atoms with van der Waals surface area (Å²) in [4.78, 5) is 0. The molecule has 0 radical (unpaired) electrons. The molecule has 2 aromatic rings. The van der Waals surface area contributed by atoms with Crippen molar-refractivity contribution >= 4 is 25.4 Å². The summed E-state index contributed by atoms with van der Waals surface area (Å²) >= 11 is 7.02. The van der Waals surface area contributed by atoms with Gasteiger partial charge in [0.05, 0.1) is 0 Å². The molecule has 0 aromatic heterocycles. The molecular weight excluding hydrogens is 388 g/mol. The molecule has 0 aliphatic heterocycles. The molecule has 0 fully saturated rings. The van der Waals surface area contributed by atoms with Gasteiger partial charge in [0, 0.05) is 19.4 Å². The lowest BCUT2D eigenvalue weighted by Crippen LogP contribution is -2.17. The summed E-state index contributed by atoms with van der Waals surface area (Å²) in [5, 5.41) is 0.989. The molecule has 1 aliphatic rings. The number of allylic oxidation sites excluding steroid dienone is 1. The van der Waals surface area contributed by atoms with Crippen LogP contribution in [0.25, 0.3) is 16.2 Å². The largest absolute Gasteiger partial charge is 0.0837 e. The van der Waals surface area contributed by atoms with E-state index in [2.05, 4.69) is 98.8 Å². The molecule has 1 unspecified atom stereocenters. The number of hydrogen-bond acceptors (Lipinski definition) is 0. The molecule has 0 heterocycles. The molecule has 0 saturated carbocycles. The van der Waals surface area contributed by atoms with Crippen molar-refractivity contribution in [2.24, 2.45) is 0 Å². The van der Waals surface area contributed by atoms with E-state index in [-0.39, 0.29) is 10.8 Å². The second-order valence-electron chi connectivity index (χ2n) is 11.2. The van der Waals surface area contributed by atoms with E-state index >= 15 is 0 Å². The molecule has 29 heavy (non-hydrogen) atoms. The fraction of sp³-hybridized carbons (Fsp3) is 0.481. The van der Waals surface area contributed by atoms with Crippen LogP contribution in [0.5, 0.6) is 0 Å². The van der Waals surface area contributed by atoms with E-state index in [1.54, 1.807) is 0 Å². The Bertz CT molecular complexity index is 949. The predicted molar refractivity (Wildman–Crippen MR) is 134 cm³/mol. The SMILES string of the molecule is CC1=C(Cl)c2c(-c3cc(C(C)(C)C)cc(C(C)(C)C)c3)ccc(C)c2C1[SiH](C)C. The van der Waals surface area contributed by atoms with Gasteiger partial charge in [0.1, 0.15) is 0 Å². The first-order chi connectivity index (χ1) is 13.2. The average Bonchev–Trinajstić information content (AvgIpc) is 2.86. The van der Waals surface area contributed by atoms with Crippen LogP contribution in [-0.2, 0) is 10.8 Å². The van der Waals surface area contributed by atoms with Crippen LogP contribution >= 0.6 is 11.6 Å². The van der Waals surface area contributed by atoms with Crippen LogP contribution in [-0.4, -0.2) is 8.80 Å². The molecule has 1 atom stereocenters. The lowest BCUT2D eigenvalue weighted by atomic mass is 9.78. The summed E-state index contributed by atoms with van der Waals surface area (Å²) in [6, 6.07) is 11.8. The second-order valence-corrected chi connectivity index (χ2v) is 14.8. The highest BCUT2D eigenvalue weighted by atomic mass is 35.5. The van der Waals surface area contributed by atoms with Crippen molar-refractivity contribution in [2.75, 3.05) is 0 Å². The van der Waals surface area contributed by atoms with Crippen LogP contribution in [0, 0.1) is 6.92 Å². The molecule has 0 bridgehead atoms. The third-order valence-corrected chi connectivity index (χ3v) is 9.10. The number of hydrogen-bond donors (Lipinski definition) is 0. The van der Waals surface area contributed by atoms with Crippen LogP contribution in [0.4, 0.5) is 0 Å². The van der Waals surface area contributed by atoms with Crippen LogP contribution in [0.3, 0.4) is 0 Å². The zero-order valence-electron chi connectivity index (χ0n) is 19.9. The number of rotatable bonds is 2. The summed E-state index contributed by atoms with van der Waals surface area (Å²) in [5.41, 5.74) is 11.7. The zero-order valence-corrected chi connectivity index (χ0v) is 21.8. The minimum atomic E-state index is -0.916. The van der Waals surface area contributed by atoms with Crippen molar-refractivity contribution in [3.63, 3.8) is 0 Å². The van der Waals surface area contributed by atoms with E-state index in [1.807, 2.05) is 0 Å². The third-order valence-electron chi connectivity index (χ3n) is 6.45. The monoisotopic (exact) mass is 424 g/mol. The van der Waals surface area contributed by atoms with Gasteiger partial charge in [0.2, 0.25) is 0 Å². The molecule has 0 N–H and O–H groups in total. The van der Waals surface area contributed by atoms with Crippen molar-refractivity contribution in [3.05, 3.63) is 63.7 Å². The molecule has 156 valence electrons. The van der Waals surface area contributed by atoms with Crippen molar-refractivity contribution in [1.29, 1.82) is 0 Å². The minimum Gasteiger partial charge on any atom is -0.0837 e. The first-order valence-electron chi connectivity index (χ1n) is 10.9. The number of aryl methyl sites for hydroxylation is 1. The van der Waals surface area contributed by atoms with Gasteiger partial charge in [-0.1, -0.05) is 96.6 Å². The Kier molecular flexibility index (Phi) is 5.73. The van der Waals surface area contributed by atoms with E-state index < -0.39 is 8.80 Å². The normalized spacial score (nSPS) is 17.3. The van der Waals surface area contributed by atoms with Crippen molar-refractivity contribution < 1.29 is 0 Å². The summed E-state index contributed by atoms with van der Waals surface area (Å²) in [5.74, 6) is 0. The maximum Gasteiger partial charge on any atom is 0.0479 e. The Labute approximate surface area is 185 Å². The van der Waals surface area contributed by atoms with E-state index in [4.69, 9.17) is 11.6 Å². The van der Waals surface area contributed by atoms with Crippen molar-refractivity contribution in [2.45, 2.75) is 84.9 Å². The first-order valence-corrected chi connectivity index (χ1v) is 14.3. The van der Waals surface area contributed by atoms with E-state index in [0.717, 1.165) is 5.03 Å². The van der Waals surface area contributed by atoms with Crippen LogP contribution in [0.1, 0.15) is 81.8 Å². The Balaban J connectivity index is 2.35. The van der Waals surface area contributed by atoms with Crippen LogP contribution < -0.4 is 0 Å². The Morgan fingerprint density at radius 3 is 1.79 bits per heavy atom. The van der Waals surface area contributed by atoms with Gasteiger partial charge >= 0.3 is 0 Å². The molecule has 0 spiro atoms. The highest BCUT2D eigenvalue weighted by Crippen LogP contribution is 2.50. The lowest BCUT2D eigenvalue weighted by molar-refractivity contribution is 0.569. The van der Waals surface area contributed by atoms with Gasteiger partial charge in [0.25, 0.3) is 0 Å². The molecule has 0 amide bonds. The molecule has 0 saturated heterocycles. The van der Waals surface area contributed by atoms with E-state index in [1.165, 1.54) is 44.5 Å². The topological polar surface area (TPSA) is 0 Å². The summed E-state index contributed by atoms with van der Waals surface area (Å²) in [7, 11) is -0.916. The van der Waals surface area contributed by atoms with E-state index in [9.17, 15) is 0 Å². The van der Waals surface area contributed by atoms with Gasteiger partial charge in [-0.2, -0.15) is 0 Å². The maximum atomic E-state index is 7.02. The third kappa shape index (κ3) is 4.01. The van der Waals surface area contributed by atoms with Crippen LogP contribution in [0.2, 0.25) is 13.1 Å². The van der Waals surface area contributed by atoms with Gasteiger partial charge in [-0.15, -0.1) is 0 Å². The zero-order chi connectivity index (χ0) is 21.9. The van der Waals surface area contributed by atoms with Gasteiger partial charge in [-0.05, 0) is 69.2 Å². The number of fused-ring (bicyclic) bond motifs is 1. The first kappa shape index (κ1) is 22.4. The quantitative estimate of drug-likeness (QED) is 0.424. The second kappa shape index (κ2) is 7.43. The van der Waals surface area contributed by atoms with E-state index in [0.29, 0.717) is 5.54 Å².